The van der Waals surface area contributed by atoms with Gasteiger partial charge in [0.15, 0.2) is 0 Å². The molecule has 7 heavy (non-hydrogen) atoms. The Kier molecular flexibility index (Phi) is 3.67. The maximum Gasteiger partial charge on any atom is 0.142 e. The summed E-state index contributed by atoms with van der Waals surface area (Å²) in [7, 11) is 2.00. The van der Waals surface area contributed by atoms with Gasteiger partial charge in [0.1, 0.15) is 20.3 Å². The molecule has 0 saturated heterocycles. The van der Waals surface area contributed by atoms with Crippen LogP contribution >= 0.6 is 0 Å². The molecule has 0 atom stereocenters. The molecule has 0 aliphatic heterocycles. The van der Waals surface area contributed by atoms with E-state index >= 15 is 0 Å². The summed E-state index contributed by atoms with van der Waals surface area (Å²) in [6.07, 6.45) is 2.53. The minimum atomic E-state index is 1.12. The van der Waals surface area contributed by atoms with E-state index in [2.05, 4.69) is 13.6 Å². The van der Waals surface area contributed by atoms with Crippen LogP contribution in [0.3, 0.4) is 0 Å². The van der Waals surface area contributed by atoms with Gasteiger partial charge in [-0.3, -0.25) is 0 Å². The average molecular weight is 100 g/mol. The fourth-order valence-electron chi connectivity index (χ4n) is 0.428. The van der Waals surface area contributed by atoms with Crippen molar-refractivity contribution in [2.24, 2.45) is 0 Å². The SMILES string of the molecule is C=[N+](C)CCCC. The normalized spacial score (nSPS) is 8.86. The zero-order valence-electron chi connectivity index (χ0n) is 5.28. The van der Waals surface area contributed by atoms with Crippen LogP contribution in [-0.2, 0) is 0 Å². The largest absolute Gasteiger partial charge is 0.245 e. The molecule has 0 unspecified atom stereocenters. The monoisotopic (exact) mass is 100 g/mol. The molecule has 0 aromatic rings. The van der Waals surface area contributed by atoms with Crippen LogP contribution in [0.15, 0.2) is 0 Å². The first-order valence-electron chi connectivity index (χ1n) is 2.79. The summed E-state index contributed by atoms with van der Waals surface area (Å²) >= 11 is 0. The van der Waals surface area contributed by atoms with Gasteiger partial charge in [-0.1, -0.05) is 13.3 Å². The highest BCUT2D eigenvalue weighted by molar-refractivity contribution is 5.13. The van der Waals surface area contributed by atoms with E-state index in [1.54, 1.807) is 0 Å². The number of hydrogen-bond donors (Lipinski definition) is 0. The van der Waals surface area contributed by atoms with Crippen LogP contribution in [0.25, 0.3) is 0 Å². The van der Waals surface area contributed by atoms with Gasteiger partial charge in [-0.15, -0.1) is 0 Å². The molecule has 0 amide bonds. The molecule has 0 heterocycles. The summed E-state index contributed by atoms with van der Waals surface area (Å²) in [5.74, 6) is 0. The van der Waals surface area contributed by atoms with Crippen LogP contribution in [0.2, 0.25) is 0 Å². The molecular formula is C6H14N+. The molecule has 0 bridgehead atoms. The highest BCUT2D eigenvalue weighted by atomic mass is 14.9. The lowest BCUT2D eigenvalue weighted by atomic mass is 10.3. The number of hydrogen-bond acceptors (Lipinski definition) is 0. The molecule has 0 rings (SSSR count). The average Bonchev–Trinajstić information content (AvgIpc) is 1.61. The Morgan fingerprint density at radius 1 is 1.57 bits per heavy atom. The molecule has 0 spiro atoms. The van der Waals surface area contributed by atoms with Crippen LogP contribution in [-0.4, -0.2) is 24.9 Å². The Morgan fingerprint density at radius 3 is 2.29 bits per heavy atom. The van der Waals surface area contributed by atoms with Crippen LogP contribution in [0.1, 0.15) is 19.8 Å². The third-order valence-corrected chi connectivity index (χ3v) is 0.893. The van der Waals surface area contributed by atoms with E-state index < -0.39 is 0 Å². The van der Waals surface area contributed by atoms with Gasteiger partial charge in [-0.25, -0.2) is 4.58 Å². The van der Waals surface area contributed by atoms with Gasteiger partial charge in [0.25, 0.3) is 0 Å². The van der Waals surface area contributed by atoms with Crippen molar-refractivity contribution in [3.63, 3.8) is 0 Å². The van der Waals surface area contributed by atoms with E-state index in [0.29, 0.717) is 0 Å². The van der Waals surface area contributed by atoms with Gasteiger partial charge in [0.05, 0.1) is 0 Å². The number of nitrogens with zero attached hydrogens (tertiary/aromatic N) is 1. The minimum Gasteiger partial charge on any atom is -0.245 e. The highest BCUT2D eigenvalue weighted by Gasteiger charge is 1.85. The first kappa shape index (κ1) is 6.67. The fourth-order valence-corrected chi connectivity index (χ4v) is 0.428. The Hall–Kier alpha value is -0.330. The van der Waals surface area contributed by atoms with Crippen molar-refractivity contribution in [3.05, 3.63) is 0 Å². The van der Waals surface area contributed by atoms with Gasteiger partial charge >= 0.3 is 0 Å². The maximum absolute atomic E-state index is 3.71. The Morgan fingerprint density at radius 2 is 2.14 bits per heavy atom. The van der Waals surface area contributed by atoms with Crippen molar-refractivity contribution in [3.8, 4) is 0 Å². The summed E-state index contributed by atoms with van der Waals surface area (Å²) in [6.45, 7) is 7.01. The summed E-state index contributed by atoms with van der Waals surface area (Å²) in [5, 5.41) is 0. The van der Waals surface area contributed by atoms with E-state index in [1.807, 2.05) is 11.6 Å². The van der Waals surface area contributed by atoms with Crippen molar-refractivity contribution >= 4 is 6.72 Å². The smallest absolute Gasteiger partial charge is 0.142 e. The van der Waals surface area contributed by atoms with Gasteiger partial charge in [-0.2, -0.15) is 0 Å². The predicted octanol–water partition coefficient (Wildman–Crippen LogP) is 1.13. The third kappa shape index (κ3) is 5.67. The quantitative estimate of drug-likeness (QED) is 0.369. The van der Waals surface area contributed by atoms with Crippen LogP contribution in [0, 0.1) is 0 Å². The van der Waals surface area contributed by atoms with E-state index in [-0.39, 0.29) is 0 Å². The Bertz CT molecular complexity index is 57.2. The summed E-state index contributed by atoms with van der Waals surface area (Å²) < 4.78 is 1.96. The van der Waals surface area contributed by atoms with Crippen molar-refractivity contribution in [1.82, 2.24) is 0 Å². The lowest BCUT2D eigenvalue weighted by Gasteiger charge is -1.88. The van der Waals surface area contributed by atoms with Gasteiger partial charge in [-0.05, 0) is 0 Å². The molecule has 0 fully saturated rings. The van der Waals surface area contributed by atoms with Gasteiger partial charge < -0.3 is 0 Å². The third-order valence-electron chi connectivity index (χ3n) is 0.893. The number of unbranched alkanes of at least 4 members (excludes halogenated alkanes) is 1. The Labute approximate surface area is 45.7 Å². The molecule has 0 aliphatic rings. The van der Waals surface area contributed by atoms with E-state index in [1.165, 1.54) is 12.8 Å². The molecule has 0 radical (unpaired) electrons. The molecule has 0 aliphatic carbocycles. The predicted molar refractivity (Wildman–Crippen MR) is 33.1 cm³/mol. The van der Waals surface area contributed by atoms with E-state index in [0.717, 1.165) is 6.54 Å². The topological polar surface area (TPSA) is 3.01 Å². The maximum atomic E-state index is 3.71. The first-order valence-corrected chi connectivity index (χ1v) is 2.79. The summed E-state index contributed by atoms with van der Waals surface area (Å²) in [4.78, 5) is 0. The lowest BCUT2D eigenvalue weighted by molar-refractivity contribution is -0.488. The van der Waals surface area contributed by atoms with Crippen molar-refractivity contribution < 1.29 is 4.58 Å². The molecule has 0 N–H and O–H groups in total. The molecule has 0 aromatic heterocycles. The molecule has 1 nitrogen and oxygen atoms in total. The van der Waals surface area contributed by atoms with Crippen LogP contribution in [0.5, 0.6) is 0 Å². The minimum absolute atomic E-state index is 1.12. The molecule has 0 saturated carbocycles. The Balaban J connectivity index is 2.82. The number of rotatable bonds is 3. The van der Waals surface area contributed by atoms with E-state index in [4.69, 9.17) is 0 Å². The van der Waals surface area contributed by atoms with Crippen LogP contribution in [0.4, 0.5) is 0 Å². The highest BCUT2D eigenvalue weighted by Crippen LogP contribution is 1.83. The van der Waals surface area contributed by atoms with Gasteiger partial charge in [0, 0.05) is 6.42 Å². The molecule has 1 heteroatoms. The van der Waals surface area contributed by atoms with Gasteiger partial charge in [0.2, 0.25) is 0 Å². The second-order valence-corrected chi connectivity index (χ2v) is 1.93. The zero-order valence-corrected chi connectivity index (χ0v) is 5.28. The second-order valence-electron chi connectivity index (χ2n) is 1.93. The second kappa shape index (κ2) is 3.85. The fraction of sp³-hybridized carbons (Fsp3) is 0.833. The summed E-state index contributed by atoms with van der Waals surface area (Å²) in [6, 6.07) is 0. The molecule has 42 valence electrons. The van der Waals surface area contributed by atoms with E-state index in [9.17, 15) is 0 Å². The zero-order chi connectivity index (χ0) is 5.70. The lowest BCUT2D eigenvalue weighted by Crippen LogP contribution is -2.02. The first-order chi connectivity index (χ1) is 3.27. The summed E-state index contributed by atoms with van der Waals surface area (Å²) in [5.41, 5.74) is 0. The van der Waals surface area contributed by atoms with Crippen molar-refractivity contribution in [2.45, 2.75) is 19.8 Å². The van der Waals surface area contributed by atoms with Crippen LogP contribution < -0.4 is 0 Å². The molecular weight excluding hydrogens is 86.1 g/mol. The van der Waals surface area contributed by atoms with Crippen molar-refractivity contribution in [2.75, 3.05) is 13.6 Å². The van der Waals surface area contributed by atoms with Crippen molar-refractivity contribution in [1.29, 1.82) is 0 Å². The molecule has 0 aromatic carbocycles. The standard InChI is InChI=1S/C6H14N/c1-4-5-6-7(2)3/h2,4-6H2,1,3H3/q+1.